The molecule has 5 nitrogen and oxygen atoms in total. The van der Waals surface area contributed by atoms with Gasteiger partial charge in [-0.25, -0.2) is 0 Å². The molecule has 0 fully saturated rings. The Morgan fingerprint density at radius 1 is 1.65 bits per heavy atom. The van der Waals surface area contributed by atoms with E-state index in [-0.39, 0.29) is 5.91 Å². The van der Waals surface area contributed by atoms with Crippen LogP contribution in [0.2, 0.25) is 0 Å². The molecule has 0 radical (unpaired) electrons. The zero-order valence-corrected chi connectivity index (χ0v) is 9.73. The lowest BCUT2D eigenvalue weighted by atomic mass is 10.1. The van der Waals surface area contributed by atoms with Crippen LogP contribution < -0.4 is 10.1 Å². The van der Waals surface area contributed by atoms with Crippen LogP contribution in [0.25, 0.3) is 0 Å². The van der Waals surface area contributed by atoms with Crippen molar-refractivity contribution in [1.82, 2.24) is 10.2 Å². The van der Waals surface area contributed by atoms with Crippen LogP contribution in [0.1, 0.15) is 11.1 Å². The van der Waals surface area contributed by atoms with Gasteiger partial charge in [0.2, 0.25) is 6.23 Å². The van der Waals surface area contributed by atoms with E-state index in [0.717, 1.165) is 5.56 Å². The van der Waals surface area contributed by atoms with Gasteiger partial charge in [0.25, 0.3) is 5.91 Å². The van der Waals surface area contributed by atoms with Crippen molar-refractivity contribution in [2.75, 3.05) is 14.1 Å². The van der Waals surface area contributed by atoms with Crippen LogP contribution in [0.15, 0.2) is 18.2 Å². The van der Waals surface area contributed by atoms with E-state index in [9.17, 15) is 4.79 Å². The zero-order valence-electron chi connectivity index (χ0n) is 9.73. The van der Waals surface area contributed by atoms with Gasteiger partial charge in [0.1, 0.15) is 5.75 Å². The van der Waals surface area contributed by atoms with Crippen LogP contribution in [0.4, 0.5) is 0 Å². The lowest BCUT2D eigenvalue weighted by molar-refractivity contribution is -0.136. The van der Waals surface area contributed by atoms with Crippen molar-refractivity contribution < 1.29 is 9.53 Å². The minimum Gasteiger partial charge on any atom is -0.465 e. The molecule has 1 aliphatic rings. The van der Waals surface area contributed by atoms with Crippen molar-refractivity contribution in [2.45, 2.75) is 12.8 Å². The summed E-state index contributed by atoms with van der Waals surface area (Å²) in [6, 6.07) is 7.29. The fraction of sp³-hybridized carbons (Fsp3) is 0.333. The number of fused-ring (bicyclic) bond motifs is 1. The zero-order chi connectivity index (χ0) is 12.4. The maximum absolute atomic E-state index is 11.6. The molecule has 0 aliphatic carbocycles. The second kappa shape index (κ2) is 4.44. The first kappa shape index (κ1) is 11.4. The van der Waals surface area contributed by atoms with E-state index in [4.69, 9.17) is 10.00 Å². The van der Waals surface area contributed by atoms with E-state index < -0.39 is 6.23 Å². The smallest absolute Gasteiger partial charge is 0.276 e. The van der Waals surface area contributed by atoms with Crippen LogP contribution >= 0.6 is 0 Å². The van der Waals surface area contributed by atoms with Gasteiger partial charge >= 0.3 is 0 Å². The normalized spacial score (nSPS) is 18.8. The van der Waals surface area contributed by atoms with Crippen molar-refractivity contribution in [3.63, 3.8) is 0 Å². The van der Waals surface area contributed by atoms with Gasteiger partial charge in [0, 0.05) is 19.2 Å². The number of nitriles is 1. The van der Waals surface area contributed by atoms with Gasteiger partial charge in [-0.15, -0.1) is 0 Å². The van der Waals surface area contributed by atoms with Crippen molar-refractivity contribution in [1.29, 1.82) is 5.26 Å². The van der Waals surface area contributed by atoms with Gasteiger partial charge < -0.3 is 10.1 Å². The monoisotopic (exact) mass is 231 g/mol. The first-order valence-electron chi connectivity index (χ1n) is 5.27. The summed E-state index contributed by atoms with van der Waals surface area (Å²) in [6.45, 7) is 0.586. The van der Waals surface area contributed by atoms with Crippen molar-refractivity contribution >= 4 is 5.91 Å². The Balaban J connectivity index is 2.30. The topological polar surface area (TPSA) is 65.4 Å². The summed E-state index contributed by atoms with van der Waals surface area (Å²) >= 11 is 0. The largest absolute Gasteiger partial charge is 0.465 e. The third kappa shape index (κ3) is 2.08. The molecule has 1 unspecified atom stereocenters. The second-order valence-electron chi connectivity index (χ2n) is 3.93. The molecular weight excluding hydrogens is 218 g/mol. The van der Waals surface area contributed by atoms with Crippen LogP contribution in [-0.2, 0) is 11.3 Å². The minimum atomic E-state index is -0.611. The number of ether oxygens (including phenoxy) is 1. The predicted molar refractivity (Wildman–Crippen MR) is 61.1 cm³/mol. The third-order valence-corrected chi connectivity index (χ3v) is 2.72. The molecular formula is C12H13N3O2. The van der Waals surface area contributed by atoms with Gasteiger partial charge in [-0.1, -0.05) is 0 Å². The number of carbonyl (C=O) groups is 1. The highest BCUT2D eigenvalue weighted by molar-refractivity contribution is 5.80. The number of nitrogens with zero attached hydrogens (tertiary/aromatic N) is 2. The number of amides is 1. The predicted octanol–water partition coefficient (Wildman–Crippen LogP) is 0.455. The molecule has 2 rings (SSSR count). The summed E-state index contributed by atoms with van der Waals surface area (Å²) < 4.78 is 5.60. The highest BCUT2D eigenvalue weighted by Gasteiger charge is 2.29. The van der Waals surface area contributed by atoms with Gasteiger partial charge in [-0.05, 0) is 25.2 Å². The van der Waals surface area contributed by atoms with Gasteiger partial charge in [0.15, 0.2) is 0 Å². The van der Waals surface area contributed by atoms with Crippen molar-refractivity contribution in [3.05, 3.63) is 29.3 Å². The molecule has 0 aromatic heterocycles. The molecule has 1 N–H and O–H groups in total. The molecule has 1 aromatic rings. The van der Waals surface area contributed by atoms with E-state index in [1.54, 1.807) is 30.1 Å². The van der Waals surface area contributed by atoms with E-state index in [1.165, 1.54) is 0 Å². The van der Waals surface area contributed by atoms with E-state index in [0.29, 0.717) is 17.9 Å². The van der Waals surface area contributed by atoms with Gasteiger partial charge in [-0.2, -0.15) is 5.26 Å². The Kier molecular flexibility index (Phi) is 2.98. The maximum atomic E-state index is 11.6. The summed E-state index contributed by atoms with van der Waals surface area (Å²) in [5, 5.41) is 11.4. The Labute approximate surface area is 99.6 Å². The first-order valence-corrected chi connectivity index (χ1v) is 5.27. The van der Waals surface area contributed by atoms with E-state index >= 15 is 0 Å². The van der Waals surface area contributed by atoms with Gasteiger partial charge in [-0.3, -0.25) is 9.69 Å². The lowest BCUT2D eigenvalue weighted by Gasteiger charge is -2.32. The lowest BCUT2D eigenvalue weighted by Crippen LogP contribution is -2.49. The molecule has 1 heterocycles. The number of likely N-dealkylation sites (N-methyl/N-ethyl adjacent to an activating group) is 2. The Bertz CT molecular complexity index is 493. The van der Waals surface area contributed by atoms with E-state index in [1.807, 2.05) is 7.05 Å². The molecule has 0 saturated carbocycles. The fourth-order valence-electron chi connectivity index (χ4n) is 1.83. The number of rotatable bonds is 1. The SMILES string of the molecule is CNC(=O)C1Oc2ccc(C#N)cc2CN1C. The molecule has 1 atom stereocenters. The number of carbonyl (C=O) groups excluding carboxylic acids is 1. The molecule has 5 heteroatoms. The van der Waals surface area contributed by atoms with Crippen LogP contribution in [0.3, 0.4) is 0 Å². The second-order valence-corrected chi connectivity index (χ2v) is 3.93. The quantitative estimate of drug-likeness (QED) is 0.762. The average molecular weight is 231 g/mol. The van der Waals surface area contributed by atoms with Crippen molar-refractivity contribution in [3.8, 4) is 11.8 Å². The first-order chi connectivity index (χ1) is 8.15. The third-order valence-electron chi connectivity index (χ3n) is 2.72. The summed E-state index contributed by atoms with van der Waals surface area (Å²) in [5.41, 5.74) is 1.52. The number of benzene rings is 1. The molecule has 1 amide bonds. The Hall–Kier alpha value is -2.06. The number of hydrogen-bond donors (Lipinski definition) is 1. The molecule has 0 saturated heterocycles. The standard InChI is InChI=1S/C12H13N3O2/c1-14-11(16)12-15(2)7-9-5-8(6-13)3-4-10(9)17-12/h3-5,12H,7H2,1-2H3,(H,14,16). The van der Waals surface area contributed by atoms with Crippen LogP contribution in [0.5, 0.6) is 5.75 Å². The highest BCUT2D eigenvalue weighted by atomic mass is 16.5. The Morgan fingerprint density at radius 2 is 2.41 bits per heavy atom. The molecule has 88 valence electrons. The Morgan fingerprint density at radius 3 is 3.06 bits per heavy atom. The number of nitrogens with one attached hydrogen (secondary N) is 1. The average Bonchev–Trinajstić information content (AvgIpc) is 2.36. The van der Waals surface area contributed by atoms with Crippen LogP contribution in [0, 0.1) is 11.3 Å². The minimum absolute atomic E-state index is 0.178. The van der Waals surface area contributed by atoms with Crippen molar-refractivity contribution in [2.24, 2.45) is 0 Å². The number of hydrogen-bond acceptors (Lipinski definition) is 4. The maximum Gasteiger partial charge on any atom is 0.276 e. The summed E-state index contributed by atoms with van der Waals surface area (Å²) in [7, 11) is 3.38. The highest BCUT2D eigenvalue weighted by Crippen LogP contribution is 2.27. The summed E-state index contributed by atoms with van der Waals surface area (Å²) in [5.74, 6) is 0.484. The van der Waals surface area contributed by atoms with Crippen LogP contribution in [-0.4, -0.2) is 31.1 Å². The molecule has 0 spiro atoms. The molecule has 1 aliphatic heterocycles. The summed E-state index contributed by atoms with van der Waals surface area (Å²) in [6.07, 6.45) is -0.611. The molecule has 1 aromatic carbocycles. The fourth-order valence-corrected chi connectivity index (χ4v) is 1.83. The van der Waals surface area contributed by atoms with Gasteiger partial charge in [0.05, 0.1) is 11.6 Å². The molecule has 17 heavy (non-hydrogen) atoms. The summed E-state index contributed by atoms with van der Waals surface area (Å²) in [4.78, 5) is 13.4. The van der Waals surface area contributed by atoms with E-state index in [2.05, 4.69) is 11.4 Å². The molecule has 0 bridgehead atoms.